The molecular weight excluding hydrogens is 407 g/mol. The Morgan fingerprint density at radius 3 is 2.25 bits per heavy atom. The molecule has 0 bridgehead atoms. The lowest BCUT2D eigenvalue weighted by atomic mass is 10.1. The van der Waals surface area contributed by atoms with Crippen molar-refractivity contribution < 1.29 is 23.9 Å². The van der Waals surface area contributed by atoms with Crippen LogP contribution in [0.4, 0.5) is 5.69 Å². The van der Waals surface area contributed by atoms with E-state index >= 15 is 0 Å². The maximum Gasteiger partial charge on any atom is 0.326 e. The van der Waals surface area contributed by atoms with Crippen LogP contribution in [0.1, 0.15) is 27.6 Å². The van der Waals surface area contributed by atoms with Gasteiger partial charge in [-0.25, -0.2) is 0 Å². The van der Waals surface area contributed by atoms with Gasteiger partial charge in [0.25, 0.3) is 17.7 Å². The molecule has 28 heavy (non-hydrogen) atoms. The first-order valence-corrected chi connectivity index (χ1v) is 8.94. The molecule has 0 aromatic heterocycles. The van der Waals surface area contributed by atoms with E-state index in [1.54, 1.807) is 18.2 Å². The highest BCUT2D eigenvalue weighted by Gasteiger charge is 2.37. The minimum absolute atomic E-state index is 0.225. The van der Waals surface area contributed by atoms with Crippen LogP contribution in [0, 0.1) is 0 Å². The van der Waals surface area contributed by atoms with Gasteiger partial charge >= 0.3 is 5.97 Å². The van der Waals surface area contributed by atoms with Crippen LogP contribution in [0.25, 0.3) is 0 Å². The number of esters is 1. The predicted molar refractivity (Wildman–Crippen MR) is 102 cm³/mol. The number of rotatable bonds is 5. The van der Waals surface area contributed by atoms with Gasteiger partial charge in [0, 0.05) is 5.02 Å². The van der Waals surface area contributed by atoms with Crippen molar-refractivity contribution in [3.8, 4) is 0 Å². The van der Waals surface area contributed by atoms with Crippen molar-refractivity contribution in [3.05, 3.63) is 63.6 Å². The summed E-state index contributed by atoms with van der Waals surface area (Å²) in [6.45, 7) is 0.769. The number of carbonyl (C=O) groups is 4. The molecule has 1 heterocycles. The van der Waals surface area contributed by atoms with Crippen LogP contribution in [0.3, 0.4) is 0 Å². The predicted octanol–water partition coefficient (Wildman–Crippen LogP) is 3.16. The van der Waals surface area contributed by atoms with Crippen molar-refractivity contribution in [2.75, 3.05) is 11.9 Å². The van der Waals surface area contributed by atoms with E-state index in [2.05, 4.69) is 5.32 Å². The fourth-order valence-corrected chi connectivity index (χ4v) is 3.08. The zero-order valence-electron chi connectivity index (χ0n) is 14.6. The second kappa shape index (κ2) is 8.00. The van der Waals surface area contributed by atoms with Crippen molar-refractivity contribution in [2.45, 2.75) is 13.0 Å². The molecule has 1 atom stereocenters. The third-order valence-corrected chi connectivity index (χ3v) is 4.58. The quantitative estimate of drug-likeness (QED) is 0.592. The smallest absolute Gasteiger partial charge is 0.326 e. The number of imide groups is 1. The summed E-state index contributed by atoms with van der Waals surface area (Å²) in [5.41, 5.74) is 0.756. The van der Waals surface area contributed by atoms with Gasteiger partial charge in [0.15, 0.2) is 6.10 Å². The lowest BCUT2D eigenvalue weighted by molar-refractivity contribution is -0.153. The number of fused-ring (bicyclic) bond motifs is 1. The van der Waals surface area contributed by atoms with Crippen LogP contribution < -0.4 is 5.32 Å². The zero-order chi connectivity index (χ0) is 20.4. The van der Waals surface area contributed by atoms with Gasteiger partial charge in [-0.3, -0.25) is 24.1 Å². The van der Waals surface area contributed by atoms with Crippen molar-refractivity contribution in [1.29, 1.82) is 0 Å². The van der Waals surface area contributed by atoms with E-state index in [1.807, 2.05) is 0 Å². The molecule has 7 nitrogen and oxygen atoms in total. The van der Waals surface area contributed by atoms with E-state index in [4.69, 9.17) is 27.9 Å². The molecule has 0 fully saturated rings. The SMILES string of the molecule is CC(OC(=O)CN1C(=O)c2ccccc2C1=O)C(=O)Nc1ccc(Cl)cc1Cl. The lowest BCUT2D eigenvalue weighted by Crippen LogP contribution is -2.38. The Hall–Kier alpha value is -2.90. The first-order valence-electron chi connectivity index (χ1n) is 8.18. The maximum absolute atomic E-state index is 12.3. The van der Waals surface area contributed by atoms with Crippen LogP contribution in [-0.2, 0) is 14.3 Å². The Morgan fingerprint density at radius 1 is 1.07 bits per heavy atom. The molecule has 0 spiro atoms. The van der Waals surface area contributed by atoms with Gasteiger partial charge < -0.3 is 10.1 Å². The van der Waals surface area contributed by atoms with Gasteiger partial charge in [-0.05, 0) is 37.3 Å². The van der Waals surface area contributed by atoms with E-state index < -0.39 is 36.3 Å². The Bertz CT molecular complexity index is 957. The number of nitrogens with zero attached hydrogens (tertiary/aromatic N) is 1. The number of hydrogen-bond acceptors (Lipinski definition) is 5. The zero-order valence-corrected chi connectivity index (χ0v) is 16.1. The van der Waals surface area contributed by atoms with E-state index in [-0.39, 0.29) is 16.1 Å². The molecule has 0 saturated carbocycles. The molecule has 0 saturated heterocycles. The van der Waals surface area contributed by atoms with Gasteiger partial charge in [0.2, 0.25) is 0 Å². The molecule has 2 aromatic carbocycles. The second-order valence-corrected chi connectivity index (χ2v) is 6.83. The van der Waals surface area contributed by atoms with Crippen LogP contribution >= 0.6 is 23.2 Å². The summed E-state index contributed by atoms with van der Waals surface area (Å²) in [6, 6.07) is 10.8. The fourth-order valence-electron chi connectivity index (χ4n) is 2.63. The average Bonchev–Trinajstić information content (AvgIpc) is 2.89. The van der Waals surface area contributed by atoms with E-state index in [0.29, 0.717) is 10.7 Å². The number of hydrogen-bond donors (Lipinski definition) is 1. The van der Waals surface area contributed by atoms with Crippen LogP contribution in [0.15, 0.2) is 42.5 Å². The number of benzene rings is 2. The van der Waals surface area contributed by atoms with Crippen molar-refractivity contribution in [1.82, 2.24) is 4.90 Å². The molecule has 0 aliphatic carbocycles. The fraction of sp³-hybridized carbons (Fsp3) is 0.158. The number of ether oxygens (including phenoxy) is 1. The molecule has 1 N–H and O–H groups in total. The van der Waals surface area contributed by atoms with Crippen molar-refractivity contribution in [3.63, 3.8) is 0 Å². The molecule has 3 amide bonds. The molecule has 3 rings (SSSR count). The molecule has 2 aromatic rings. The first kappa shape index (κ1) is 19.9. The summed E-state index contributed by atoms with van der Waals surface area (Å²) in [5, 5.41) is 3.15. The van der Waals surface area contributed by atoms with Gasteiger partial charge in [-0.1, -0.05) is 35.3 Å². The first-order chi connectivity index (χ1) is 13.3. The molecule has 144 valence electrons. The third-order valence-electron chi connectivity index (χ3n) is 4.03. The summed E-state index contributed by atoms with van der Waals surface area (Å²) in [6.07, 6.45) is -1.17. The molecule has 9 heteroatoms. The highest BCUT2D eigenvalue weighted by Crippen LogP contribution is 2.26. The highest BCUT2D eigenvalue weighted by atomic mass is 35.5. The highest BCUT2D eigenvalue weighted by molar-refractivity contribution is 6.36. The normalized spacial score (nSPS) is 13.9. The number of anilines is 1. The van der Waals surface area contributed by atoms with Crippen LogP contribution in [-0.4, -0.2) is 41.2 Å². The Labute approximate surface area is 170 Å². The van der Waals surface area contributed by atoms with Crippen molar-refractivity contribution in [2.24, 2.45) is 0 Å². The number of halogens is 2. The summed E-state index contributed by atoms with van der Waals surface area (Å²) >= 11 is 11.8. The van der Waals surface area contributed by atoms with E-state index in [0.717, 1.165) is 4.90 Å². The minimum atomic E-state index is -1.17. The molecule has 1 aliphatic rings. The standard InChI is InChI=1S/C19H14Cl2N2O5/c1-10(17(25)22-15-7-6-11(20)8-14(15)21)28-16(24)9-23-18(26)12-4-2-3-5-13(12)19(23)27/h2-8,10H,9H2,1H3,(H,22,25). The molecule has 1 aliphatic heterocycles. The molecular formula is C19H14Cl2N2O5. The monoisotopic (exact) mass is 420 g/mol. The number of amides is 3. The average molecular weight is 421 g/mol. The van der Waals surface area contributed by atoms with Crippen LogP contribution in [0.5, 0.6) is 0 Å². The summed E-state index contributed by atoms with van der Waals surface area (Å²) < 4.78 is 5.04. The lowest BCUT2D eigenvalue weighted by Gasteiger charge is -2.17. The number of carbonyl (C=O) groups excluding carboxylic acids is 4. The van der Waals surface area contributed by atoms with Crippen molar-refractivity contribution >= 4 is 52.6 Å². The Balaban J connectivity index is 1.59. The van der Waals surface area contributed by atoms with Gasteiger partial charge in [-0.2, -0.15) is 0 Å². The van der Waals surface area contributed by atoms with E-state index in [1.165, 1.54) is 31.2 Å². The summed E-state index contributed by atoms with van der Waals surface area (Å²) in [5.74, 6) is -2.68. The van der Waals surface area contributed by atoms with Gasteiger partial charge in [0.1, 0.15) is 6.54 Å². The molecule has 0 radical (unpaired) electrons. The Kier molecular flexibility index (Phi) is 5.67. The van der Waals surface area contributed by atoms with Crippen LogP contribution in [0.2, 0.25) is 10.0 Å². The summed E-state index contributed by atoms with van der Waals surface area (Å²) in [7, 11) is 0. The van der Waals surface area contributed by atoms with Gasteiger partial charge in [0.05, 0.1) is 21.8 Å². The Morgan fingerprint density at radius 2 is 1.68 bits per heavy atom. The summed E-state index contributed by atoms with van der Waals surface area (Å²) in [4.78, 5) is 49.6. The maximum atomic E-state index is 12.3. The number of nitrogens with one attached hydrogen (secondary N) is 1. The molecule has 1 unspecified atom stereocenters. The second-order valence-electron chi connectivity index (χ2n) is 5.99. The largest absolute Gasteiger partial charge is 0.451 e. The topological polar surface area (TPSA) is 92.8 Å². The minimum Gasteiger partial charge on any atom is -0.451 e. The van der Waals surface area contributed by atoms with Gasteiger partial charge in [-0.15, -0.1) is 0 Å². The third kappa shape index (κ3) is 4.00. The van der Waals surface area contributed by atoms with E-state index in [9.17, 15) is 19.2 Å².